The second-order valence-electron chi connectivity index (χ2n) is 6.30. The second-order valence-corrected chi connectivity index (χ2v) is 8.13. The average molecular weight is 439 g/mol. The van der Waals surface area contributed by atoms with Crippen molar-refractivity contribution < 1.29 is 9.59 Å². The van der Waals surface area contributed by atoms with Crippen molar-refractivity contribution in [3.8, 4) is 0 Å². The van der Waals surface area contributed by atoms with E-state index in [2.05, 4.69) is 5.32 Å². The first-order chi connectivity index (χ1) is 13.4. The summed E-state index contributed by atoms with van der Waals surface area (Å²) in [5, 5.41) is 4.11. The molecular formula is C21H24Cl2N2O2S. The first kappa shape index (κ1) is 22.6. The minimum atomic E-state index is -0.566. The highest BCUT2D eigenvalue weighted by Crippen LogP contribution is 2.22. The average Bonchev–Trinajstić information content (AvgIpc) is 2.68. The minimum Gasteiger partial charge on any atom is -0.355 e. The summed E-state index contributed by atoms with van der Waals surface area (Å²) in [5.41, 5.74) is 1.91. The number of nitrogens with one attached hydrogen (secondary N) is 1. The molecule has 0 aliphatic carbocycles. The molecule has 0 aliphatic heterocycles. The van der Waals surface area contributed by atoms with Gasteiger partial charge in [0.1, 0.15) is 6.04 Å². The second kappa shape index (κ2) is 11.3. The fraction of sp³-hybridized carbons (Fsp3) is 0.333. The number of likely N-dealkylation sites (N-methyl/N-ethyl adjacent to an activating group) is 1. The van der Waals surface area contributed by atoms with E-state index in [0.29, 0.717) is 28.9 Å². The summed E-state index contributed by atoms with van der Waals surface area (Å²) in [6.45, 7) is 4.47. The maximum Gasteiger partial charge on any atom is 0.242 e. The van der Waals surface area contributed by atoms with Gasteiger partial charge >= 0.3 is 0 Å². The minimum absolute atomic E-state index is 0.0919. The molecule has 4 nitrogen and oxygen atoms in total. The van der Waals surface area contributed by atoms with E-state index in [1.165, 1.54) is 11.8 Å². The van der Waals surface area contributed by atoms with Crippen molar-refractivity contribution in [3.05, 3.63) is 69.7 Å². The van der Waals surface area contributed by atoms with Crippen LogP contribution in [0.5, 0.6) is 0 Å². The van der Waals surface area contributed by atoms with E-state index in [1.54, 1.807) is 24.0 Å². The van der Waals surface area contributed by atoms with E-state index in [0.717, 1.165) is 11.1 Å². The summed E-state index contributed by atoms with van der Waals surface area (Å²) in [7, 11) is 0. The van der Waals surface area contributed by atoms with Crippen LogP contribution in [0, 0.1) is 0 Å². The van der Waals surface area contributed by atoms with Crippen LogP contribution in [0.2, 0.25) is 10.0 Å². The predicted molar refractivity (Wildman–Crippen MR) is 118 cm³/mol. The first-order valence-corrected chi connectivity index (χ1v) is 11.0. The molecule has 0 saturated heterocycles. The normalized spacial score (nSPS) is 11.7. The highest BCUT2D eigenvalue weighted by Gasteiger charge is 2.25. The molecule has 150 valence electrons. The van der Waals surface area contributed by atoms with E-state index in [-0.39, 0.29) is 17.6 Å². The van der Waals surface area contributed by atoms with Gasteiger partial charge in [-0.05, 0) is 43.2 Å². The molecule has 0 heterocycles. The van der Waals surface area contributed by atoms with Crippen LogP contribution < -0.4 is 5.32 Å². The van der Waals surface area contributed by atoms with Crippen LogP contribution in [-0.2, 0) is 21.9 Å². The van der Waals surface area contributed by atoms with Gasteiger partial charge in [0.2, 0.25) is 11.8 Å². The lowest BCUT2D eigenvalue weighted by molar-refractivity contribution is -0.138. The number of benzene rings is 2. The van der Waals surface area contributed by atoms with Crippen molar-refractivity contribution in [2.24, 2.45) is 0 Å². The number of hydrogen-bond acceptors (Lipinski definition) is 3. The first-order valence-electron chi connectivity index (χ1n) is 9.05. The largest absolute Gasteiger partial charge is 0.355 e. The van der Waals surface area contributed by atoms with Gasteiger partial charge < -0.3 is 10.2 Å². The van der Waals surface area contributed by atoms with E-state index in [1.807, 2.05) is 43.3 Å². The van der Waals surface area contributed by atoms with Crippen molar-refractivity contribution in [3.63, 3.8) is 0 Å². The van der Waals surface area contributed by atoms with Crippen molar-refractivity contribution in [1.29, 1.82) is 0 Å². The third-order valence-corrected chi connectivity index (χ3v) is 5.81. The zero-order chi connectivity index (χ0) is 20.5. The van der Waals surface area contributed by atoms with Gasteiger partial charge in [0.25, 0.3) is 0 Å². The van der Waals surface area contributed by atoms with Crippen molar-refractivity contribution in [1.82, 2.24) is 10.2 Å². The van der Waals surface area contributed by atoms with E-state index in [9.17, 15) is 9.59 Å². The molecule has 1 N–H and O–H groups in total. The molecule has 0 spiro atoms. The molecule has 0 saturated carbocycles. The number of carbonyl (C=O) groups excluding carboxylic acids is 2. The Balaban J connectivity index is 2.05. The fourth-order valence-electron chi connectivity index (χ4n) is 2.64. The number of amides is 2. The lowest BCUT2D eigenvalue weighted by Gasteiger charge is -2.28. The summed E-state index contributed by atoms with van der Waals surface area (Å²) in [6.07, 6.45) is 0. The van der Waals surface area contributed by atoms with Crippen LogP contribution in [0.3, 0.4) is 0 Å². The summed E-state index contributed by atoms with van der Waals surface area (Å²) >= 11 is 13.6. The number of rotatable bonds is 9. The maximum atomic E-state index is 12.9. The standard InChI is InChI=1S/C21H24Cl2N2O2S/c1-3-24-21(27)15(2)25(12-16-8-10-18(22)11-9-16)20(26)14-28-13-17-6-4-5-7-19(17)23/h4-11,15H,3,12-14H2,1-2H3,(H,24,27)/t15-/m0/s1. The predicted octanol–water partition coefficient (Wildman–Crippen LogP) is 4.78. The molecular weight excluding hydrogens is 415 g/mol. The molecule has 2 aromatic rings. The number of halogens is 2. The van der Waals surface area contributed by atoms with E-state index >= 15 is 0 Å². The number of thioether (sulfide) groups is 1. The lowest BCUT2D eigenvalue weighted by atomic mass is 10.1. The van der Waals surface area contributed by atoms with Gasteiger partial charge in [0.05, 0.1) is 5.75 Å². The molecule has 2 amide bonds. The summed E-state index contributed by atoms with van der Waals surface area (Å²) in [6, 6.07) is 14.3. The SMILES string of the molecule is CCNC(=O)[C@H](C)N(Cc1ccc(Cl)cc1)C(=O)CSCc1ccccc1Cl. The Bertz CT molecular complexity index is 799. The monoisotopic (exact) mass is 438 g/mol. The van der Waals surface area contributed by atoms with Crippen LogP contribution in [0.1, 0.15) is 25.0 Å². The van der Waals surface area contributed by atoms with Gasteiger partial charge in [-0.2, -0.15) is 0 Å². The summed E-state index contributed by atoms with van der Waals surface area (Å²) < 4.78 is 0. The molecule has 2 rings (SSSR count). The highest BCUT2D eigenvalue weighted by atomic mass is 35.5. The third-order valence-electron chi connectivity index (χ3n) is 4.23. The van der Waals surface area contributed by atoms with Gasteiger partial charge in [0.15, 0.2) is 0 Å². The molecule has 7 heteroatoms. The van der Waals surface area contributed by atoms with E-state index < -0.39 is 6.04 Å². The van der Waals surface area contributed by atoms with E-state index in [4.69, 9.17) is 23.2 Å². The van der Waals surface area contributed by atoms with Crippen LogP contribution in [0.4, 0.5) is 0 Å². The molecule has 1 atom stereocenters. The summed E-state index contributed by atoms with van der Waals surface area (Å²) in [4.78, 5) is 26.8. The smallest absolute Gasteiger partial charge is 0.242 e. The molecule has 28 heavy (non-hydrogen) atoms. The van der Waals surface area contributed by atoms with Gasteiger partial charge in [-0.15, -0.1) is 11.8 Å². The van der Waals surface area contributed by atoms with Crippen molar-refractivity contribution in [2.75, 3.05) is 12.3 Å². The van der Waals surface area contributed by atoms with Crippen LogP contribution >= 0.6 is 35.0 Å². The van der Waals surface area contributed by atoms with Crippen LogP contribution in [-0.4, -0.2) is 35.1 Å². The molecule has 0 aliphatic rings. The quantitative estimate of drug-likeness (QED) is 0.612. The molecule has 0 unspecified atom stereocenters. The molecule has 0 bridgehead atoms. The number of carbonyl (C=O) groups is 2. The van der Waals surface area contributed by atoms with Crippen LogP contribution in [0.25, 0.3) is 0 Å². The Morgan fingerprint density at radius 1 is 1.11 bits per heavy atom. The molecule has 0 fully saturated rings. The Morgan fingerprint density at radius 2 is 1.79 bits per heavy atom. The van der Waals surface area contributed by atoms with Crippen LogP contribution in [0.15, 0.2) is 48.5 Å². The summed E-state index contributed by atoms with van der Waals surface area (Å²) in [5.74, 6) is 0.643. The maximum absolute atomic E-state index is 12.9. The van der Waals surface area contributed by atoms with Gasteiger partial charge in [-0.3, -0.25) is 9.59 Å². The zero-order valence-corrected chi connectivity index (χ0v) is 18.3. The Morgan fingerprint density at radius 3 is 2.43 bits per heavy atom. The number of nitrogens with zero attached hydrogens (tertiary/aromatic N) is 1. The Kier molecular flexibility index (Phi) is 9.16. The Hall–Kier alpha value is -1.69. The lowest BCUT2D eigenvalue weighted by Crippen LogP contribution is -2.48. The van der Waals surface area contributed by atoms with Gasteiger partial charge in [-0.1, -0.05) is 53.5 Å². The van der Waals surface area contributed by atoms with Gasteiger partial charge in [0, 0.05) is 28.9 Å². The highest BCUT2D eigenvalue weighted by molar-refractivity contribution is 7.99. The van der Waals surface area contributed by atoms with Crippen molar-refractivity contribution >= 4 is 46.8 Å². The third kappa shape index (κ3) is 6.73. The Labute approximate surface area is 180 Å². The van der Waals surface area contributed by atoms with Gasteiger partial charge in [-0.25, -0.2) is 0 Å². The topological polar surface area (TPSA) is 49.4 Å². The van der Waals surface area contributed by atoms with Crippen molar-refractivity contribution in [2.45, 2.75) is 32.2 Å². The fourth-order valence-corrected chi connectivity index (χ4v) is 3.96. The molecule has 2 aromatic carbocycles. The molecule has 0 radical (unpaired) electrons. The number of hydrogen-bond donors (Lipinski definition) is 1. The zero-order valence-electron chi connectivity index (χ0n) is 16.0. The molecule has 0 aromatic heterocycles.